The number of ketones is 1. The van der Waals surface area contributed by atoms with Crippen LogP contribution in [-0.2, 0) is 11.2 Å². The van der Waals surface area contributed by atoms with E-state index in [2.05, 4.69) is 0 Å². The summed E-state index contributed by atoms with van der Waals surface area (Å²) in [4.78, 5) is 25.6. The Hall–Kier alpha value is -2.53. The fourth-order valence-corrected chi connectivity index (χ4v) is 2.52. The highest BCUT2D eigenvalue weighted by molar-refractivity contribution is 6.30. The number of nitrogens with zero attached hydrogens (tertiary/aromatic N) is 1. The number of carbonyl (C=O) groups excluding carboxylic acids is 2. The standard InChI is InChI=1S/C20H22ClNO4/c1-14(23)15-4-9-19(25-3)16(12-15)13-20(24)22(2)10-11-26-18-7-5-17(21)6-8-18/h4-9,12H,10-11,13H2,1-3H3. The van der Waals surface area contributed by atoms with Crippen molar-refractivity contribution in [2.75, 3.05) is 27.3 Å². The molecule has 6 heteroatoms. The molecule has 0 aromatic heterocycles. The molecule has 0 aliphatic rings. The first-order valence-corrected chi connectivity index (χ1v) is 8.58. The van der Waals surface area contributed by atoms with Crippen LogP contribution in [0, 0.1) is 0 Å². The number of halogens is 1. The lowest BCUT2D eigenvalue weighted by atomic mass is 10.0. The number of carbonyl (C=O) groups is 2. The second kappa shape index (κ2) is 9.25. The first-order chi connectivity index (χ1) is 12.4. The zero-order valence-corrected chi connectivity index (χ0v) is 15.9. The van der Waals surface area contributed by atoms with Gasteiger partial charge in [-0.25, -0.2) is 0 Å². The van der Waals surface area contributed by atoms with Gasteiger partial charge in [0.25, 0.3) is 0 Å². The predicted molar refractivity (Wildman–Crippen MR) is 101 cm³/mol. The van der Waals surface area contributed by atoms with Gasteiger partial charge >= 0.3 is 0 Å². The normalized spacial score (nSPS) is 10.3. The molecule has 2 aromatic rings. The lowest BCUT2D eigenvalue weighted by molar-refractivity contribution is -0.129. The van der Waals surface area contributed by atoms with E-state index >= 15 is 0 Å². The smallest absolute Gasteiger partial charge is 0.226 e. The average molecular weight is 376 g/mol. The quantitative estimate of drug-likeness (QED) is 0.661. The van der Waals surface area contributed by atoms with E-state index < -0.39 is 0 Å². The van der Waals surface area contributed by atoms with Crippen LogP contribution in [0.1, 0.15) is 22.8 Å². The molecular weight excluding hydrogens is 354 g/mol. The number of likely N-dealkylation sites (N-methyl/N-ethyl adjacent to an activating group) is 1. The summed E-state index contributed by atoms with van der Waals surface area (Å²) in [5.41, 5.74) is 1.25. The molecule has 1 amide bonds. The minimum Gasteiger partial charge on any atom is -0.496 e. The van der Waals surface area contributed by atoms with Gasteiger partial charge in [0.05, 0.1) is 20.1 Å². The highest BCUT2D eigenvalue weighted by Gasteiger charge is 2.14. The van der Waals surface area contributed by atoms with Crippen molar-refractivity contribution < 1.29 is 19.1 Å². The van der Waals surface area contributed by atoms with Gasteiger partial charge in [0.2, 0.25) is 5.91 Å². The zero-order valence-electron chi connectivity index (χ0n) is 15.1. The van der Waals surface area contributed by atoms with Crippen LogP contribution in [-0.4, -0.2) is 43.9 Å². The Bertz CT molecular complexity index is 774. The predicted octanol–water partition coefficient (Wildman–Crippen LogP) is 3.63. The summed E-state index contributed by atoms with van der Waals surface area (Å²) < 4.78 is 10.9. The van der Waals surface area contributed by atoms with E-state index in [1.807, 2.05) is 0 Å². The third-order valence-corrected chi connectivity index (χ3v) is 4.22. The Balaban J connectivity index is 1.93. The first kappa shape index (κ1) is 19.8. The number of ether oxygens (including phenoxy) is 2. The first-order valence-electron chi connectivity index (χ1n) is 8.21. The third-order valence-electron chi connectivity index (χ3n) is 3.96. The Kier molecular flexibility index (Phi) is 7.04. The molecule has 0 atom stereocenters. The number of rotatable bonds is 8. The molecule has 0 heterocycles. The summed E-state index contributed by atoms with van der Waals surface area (Å²) in [6, 6.07) is 12.2. The monoisotopic (exact) mass is 375 g/mol. The van der Waals surface area contributed by atoms with Crippen molar-refractivity contribution in [2.45, 2.75) is 13.3 Å². The molecule has 2 aromatic carbocycles. The molecule has 2 rings (SSSR count). The van der Waals surface area contributed by atoms with E-state index in [1.54, 1.807) is 61.5 Å². The second-order valence-electron chi connectivity index (χ2n) is 5.88. The molecule has 0 unspecified atom stereocenters. The lowest BCUT2D eigenvalue weighted by Gasteiger charge is -2.18. The molecule has 0 saturated carbocycles. The van der Waals surface area contributed by atoms with Gasteiger partial charge in [-0.1, -0.05) is 11.6 Å². The minimum absolute atomic E-state index is 0.0499. The third kappa shape index (κ3) is 5.49. The number of hydrogen-bond donors (Lipinski definition) is 0. The largest absolute Gasteiger partial charge is 0.496 e. The fourth-order valence-electron chi connectivity index (χ4n) is 2.39. The van der Waals surface area contributed by atoms with Crippen molar-refractivity contribution in [1.29, 1.82) is 0 Å². The van der Waals surface area contributed by atoms with E-state index in [1.165, 1.54) is 6.92 Å². The van der Waals surface area contributed by atoms with Crippen molar-refractivity contribution in [1.82, 2.24) is 4.90 Å². The molecule has 5 nitrogen and oxygen atoms in total. The van der Waals surface area contributed by atoms with Gasteiger partial charge < -0.3 is 14.4 Å². The summed E-state index contributed by atoms with van der Waals surface area (Å²) in [6.45, 7) is 2.30. The second-order valence-corrected chi connectivity index (χ2v) is 6.31. The minimum atomic E-state index is -0.0799. The van der Waals surface area contributed by atoms with Gasteiger partial charge in [0, 0.05) is 23.2 Å². The van der Waals surface area contributed by atoms with Gasteiger partial charge in [-0.2, -0.15) is 0 Å². The van der Waals surface area contributed by atoms with Crippen molar-refractivity contribution in [3.05, 3.63) is 58.6 Å². The van der Waals surface area contributed by atoms with E-state index in [0.29, 0.717) is 40.8 Å². The topological polar surface area (TPSA) is 55.8 Å². The summed E-state index contributed by atoms with van der Waals surface area (Å²) in [7, 11) is 3.26. The highest BCUT2D eigenvalue weighted by Crippen LogP contribution is 2.21. The maximum atomic E-state index is 12.5. The van der Waals surface area contributed by atoms with E-state index in [0.717, 1.165) is 0 Å². The van der Waals surface area contributed by atoms with Crippen molar-refractivity contribution in [3.63, 3.8) is 0 Å². The van der Waals surface area contributed by atoms with Crippen LogP contribution in [0.25, 0.3) is 0 Å². The van der Waals surface area contributed by atoms with Gasteiger partial charge in [0.1, 0.15) is 18.1 Å². The molecule has 0 spiro atoms. The lowest BCUT2D eigenvalue weighted by Crippen LogP contribution is -2.32. The summed E-state index contributed by atoms with van der Waals surface area (Å²) in [6.07, 6.45) is 0.155. The Morgan fingerprint density at radius 3 is 2.42 bits per heavy atom. The number of amides is 1. The molecule has 0 aliphatic heterocycles. The Labute approximate surface area is 158 Å². The fraction of sp³-hybridized carbons (Fsp3) is 0.300. The Morgan fingerprint density at radius 1 is 1.12 bits per heavy atom. The molecule has 0 bridgehead atoms. The van der Waals surface area contributed by atoms with Crippen LogP contribution in [0.5, 0.6) is 11.5 Å². The van der Waals surface area contributed by atoms with Crippen LogP contribution >= 0.6 is 11.6 Å². The van der Waals surface area contributed by atoms with Gasteiger partial charge in [-0.15, -0.1) is 0 Å². The van der Waals surface area contributed by atoms with Gasteiger partial charge in [-0.3, -0.25) is 9.59 Å². The zero-order chi connectivity index (χ0) is 19.1. The number of methoxy groups -OCH3 is 1. The SMILES string of the molecule is COc1ccc(C(C)=O)cc1CC(=O)N(C)CCOc1ccc(Cl)cc1. The number of Topliss-reactive ketones (excluding diaryl/α,β-unsaturated/α-hetero) is 1. The summed E-state index contributed by atoms with van der Waals surface area (Å²) >= 11 is 5.83. The highest BCUT2D eigenvalue weighted by atomic mass is 35.5. The molecule has 0 radical (unpaired) electrons. The molecule has 26 heavy (non-hydrogen) atoms. The van der Waals surface area contributed by atoms with Crippen molar-refractivity contribution >= 4 is 23.3 Å². The van der Waals surface area contributed by atoms with Crippen molar-refractivity contribution in [2.24, 2.45) is 0 Å². The van der Waals surface area contributed by atoms with Crippen molar-refractivity contribution in [3.8, 4) is 11.5 Å². The van der Waals surface area contributed by atoms with E-state index in [4.69, 9.17) is 21.1 Å². The maximum absolute atomic E-state index is 12.5. The average Bonchev–Trinajstić information content (AvgIpc) is 2.63. The Morgan fingerprint density at radius 2 is 1.81 bits per heavy atom. The molecule has 0 fully saturated rings. The summed E-state index contributed by atoms with van der Waals surface area (Å²) in [5.74, 6) is 1.16. The number of hydrogen-bond acceptors (Lipinski definition) is 4. The van der Waals surface area contributed by atoms with Crippen LogP contribution < -0.4 is 9.47 Å². The molecule has 0 aliphatic carbocycles. The summed E-state index contributed by atoms with van der Waals surface area (Å²) in [5, 5.41) is 0.645. The molecule has 0 saturated heterocycles. The van der Waals surface area contributed by atoms with Crippen LogP contribution in [0.15, 0.2) is 42.5 Å². The molecule has 0 N–H and O–H groups in total. The van der Waals surface area contributed by atoms with Crippen LogP contribution in [0.4, 0.5) is 0 Å². The van der Waals surface area contributed by atoms with Gasteiger partial charge in [-0.05, 0) is 49.4 Å². The van der Waals surface area contributed by atoms with Crippen LogP contribution in [0.2, 0.25) is 5.02 Å². The number of benzene rings is 2. The maximum Gasteiger partial charge on any atom is 0.226 e. The van der Waals surface area contributed by atoms with Crippen LogP contribution in [0.3, 0.4) is 0 Å². The van der Waals surface area contributed by atoms with E-state index in [-0.39, 0.29) is 18.1 Å². The van der Waals surface area contributed by atoms with E-state index in [9.17, 15) is 9.59 Å². The van der Waals surface area contributed by atoms with Gasteiger partial charge in [0.15, 0.2) is 5.78 Å². The molecular formula is C20H22ClNO4. The molecule has 138 valence electrons.